The van der Waals surface area contributed by atoms with E-state index in [1.807, 2.05) is 6.07 Å². The van der Waals surface area contributed by atoms with Gasteiger partial charge in [0, 0.05) is 5.56 Å². The molecule has 24 heavy (non-hydrogen) atoms. The average molecular weight is 325 g/mol. The lowest BCUT2D eigenvalue weighted by Gasteiger charge is -2.07. The quantitative estimate of drug-likeness (QED) is 0.567. The molecule has 0 fully saturated rings. The summed E-state index contributed by atoms with van der Waals surface area (Å²) in [5, 5.41) is 23.9. The van der Waals surface area contributed by atoms with Gasteiger partial charge in [-0.15, -0.1) is 0 Å². The van der Waals surface area contributed by atoms with Crippen molar-refractivity contribution in [2.75, 3.05) is 7.11 Å². The number of hydrogen-bond donors (Lipinski definition) is 2. The van der Waals surface area contributed by atoms with Crippen molar-refractivity contribution < 1.29 is 14.9 Å². The number of phenolic OH excluding ortho intramolecular Hbond substituents is 2. The van der Waals surface area contributed by atoms with Crippen LogP contribution >= 0.6 is 0 Å². The number of methoxy groups -OCH3 is 1. The van der Waals surface area contributed by atoms with Crippen LogP contribution in [0.15, 0.2) is 46.3 Å². The molecule has 0 atom stereocenters. The summed E-state index contributed by atoms with van der Waals surface area (Å²) in [6, 6.07) is 9.83. The Morgan fingerprint density at radius 2 is 2.00 bits per heavy atom. The van der Waals surface area contributed by atoms with Crippen molar-refractivity contribution in [2.45, 2.75) is 6.92 Å². The Morgan fingerprint density at radius 3 is 2.75 bits per heavy atom. The van der Waals surface area contributed by atoms with Gasteiger partial charge in [-0.2, -0.15) is 9.78 Å². The Bertz CT molecular complexity index is 1010. The molecule has 0 aliphatic heterocycles. The molecule has 7 nitrogen and oxygen atoms in total. The van der Waals surface area contributed by atoms with Crippen LogP contribution in [0.1, 0.15) is 11.4 Å². The molecule has 1 aromatic heterocycles. The van der Waals surface area contributed by atoms with Gasteiger partial charge in [0.05, 0.1) is 24.2 Å². The molecular weight excluding hydrogens is 310 g/mol. The largest absolute Gasteiger partial charge is 0.504 e. The van der Waals surface area contributed by atoms with Crippen molar-refractivity contribution in [1.29, 1.82) is 0 Å². The SMILES string of the molecule is COc1cc(/C=N/n2c(C)nc3ccccc3c2=O)cc(O)c1O. The van der Waals surface area contributed by atoms with Gasteiger partial charge in [0.15, 0.2) is 11.5 Å². The minimum absolute atomic E-state index is 0.108. The first-order valence-corrected chi connectivity index (χ1v) is 7.14. The highest BCUT2D eigenvalue weighted by Crippen LogP contribution is 2.35. The third-order valence-electron chi connectivity index (χ3n) is 3.53. The number of nitrogens with zero attached hydrogens (tertiary/aromatic N) is 3. The van der Waals surface area contributed by atoms with Crippen LogP contribution in [0, 0.1) is 6.92 Å². The van der Waals surface area contributed by atoms with E-state index in [1.54, 1.807) is 25.1 Å². The molecule has 0 saturated heterocycles. The zero-order valence-corrected chi connectivity index (χ0v) is 13.1. The van der Waals surface area contributed by atoms with Crippen LogP contribution in [0.25, 0.3) is 10.9 Å². The summed E-state index contributed by atoms with van der Waals surface area (Å²) in [7, 11) is 1.37. The summed E-state index contributed by atoms with van der Waals surface area (Å²) >= 11 is 0. The number of ether oxygens (including phenoxy) is 1. The summed E-state index contributed by atoms with van der Waals surface area (Å²) in [5.41, 5.74) is 0.779. The molecule has 0 amide bonds. The van der Waals surface area contributed by atoms with Crippen LogP contribution in [-0.2, 0) is 0 Å². The molecule has 3 rings (SSSR count). The number of rotatable bonds is 3. The predicted molar refractivity (Wildman–Crippen MR) is 90.1 cm³/mol. The van der Waals surface area contributed by atoms with Crippen LogP contribution < -0.4 is 10.3 Å². The number of hydrogen-bond acceptors (Lipinski definition) is 6. The molecule has 2 aromatic carbocycles. The molecule has 0 aliphatic rings. The zero-order chi connectivity index (χ0) is 17.3. The summed E-state index contributed by atoms with van der Waals surface area (Å²) < 4.78 is 6.15. The smallest absolute Gasteiger partial charge is 0.282 e. The molecule has 2 N–H and O–H groups in total. The summed E-state index contributed by atoms with van der Waals surface area (Å²) in [6.45, 7) is 1.68. The van der Waals surface area contributed by atoms with E-state index in [9.17, 15) is 15.0 Å². The maximum absolute atomic E-state index is 12.5. The minimum Gasteiger partial charge on any atom is -0.504 e. The first-order valence-electron chi connectivity index (χ1n) is 7.14. The third kappa shape index (κ3) is 2.67. The maximum atomic E-state index is 12.5. The predicted octanol–water partition coefficient (Wildman–Crippen LogP) is 2.01. The van der Waals surface area contributed by atoms with E-state index in [-0.39, 0.29) is 22.8 Å². The summed E-state index contributed by atoms with van der Waals surface area (Å²) in [6.07, 6.45) is 1.38. The molecule has 1 heterocycles. The van der Waals surface area contributed by atoms with E-state index in [2.05, 4.69) is 10.1 Å². The Hall–Kier alpha value is -3.35. The number of phenols is 2. The van der Waals surface area contributed by atoms with E-state index < -0.39 is 0 Å². The Kier molecular flexibility index (Phi) is 3.91. The number of aromatic nitrogens is 2. The van der Waals surface area contributed by atoms with Gasteiger partial charge in [0.2, 0.25) is 5.75 Å². The molecule has 0 unspecified atom stereocenters. The standard InChI is InChI=1S/C17H15N3O4/c1-10-19-13-6-4-3-5-12(13)17(23)20(10)18-9-11-7-14(21)16(22)15(8-11)24-2/h3-9,21-22H,1-2H3/b18-9+. The fourth-order valence-corrected chi connectivity index (χ4v) is 2.34. The van der Waals surface area contributed by atoms with Crippen molar-refractivity contribution in [3.8, 4) is 17.2 Å². The fourth-order valence-electron chi connectivity index (χ4n) is 2.34. The summed E-state index contributed by atoms with van der Waals surface area (Å²) in [5.74, 6) is -0.144. The number of para-hydroxylation sites is 1. The lowest BCUT2D eigenvalue weighted by Crippen LogP contribution is -2.20. The molecule has 122 valence electrons. The van der Waals surface area contributed by atoms with Gasteiger partial charge in [0.1, 0.15) is 5.82 Å². The van der Waals surface area contributed by atoms with E-state index in [0.29, 0.717) is 22.3 Å². The fraction of sp³-hybridized carbons (Fsp3) is 0.118. The second-order valence-corrected chi connectivity index (χ2v) is 5.13. The molecule has 0 saturated carbocycles. The zero-order valence-electron chi connectivity index (χ0n) is 13.1. The molecule has 7 heteroatoms. The van der Waals surface area contributed by atoms with Crippen molar-refractivity contribution in [3.05, 3.63) is 58.1 Å². The van der Waals surface area contributed by atoms with E-state index in [1.165, 1.54) is 30.1 Å². The number of benzene rings is 2. The van der Waals surface area contributed by atoms with Gasteiger partial charge in [-0.3, -0.25) is 4.79 Å². The van der Waals surface area contributed by atoms with E-state index in [0.717, 1.165) is 0 Å². The van der Waals surface area contributed by atoms with Gasteiger partial charge in [-0.1, -0.05) is 12.1 Å². The first-order chi connectivity index (χ1) is 11.5. The van der Waals surface area contributed by atoms with E-state index in [4.69, 9.17) is 4.74 Å². The molecule has 0 radical (unpaired) electrons. The Balaban J connectivity index is 2.09. The minimum atomic E-state index is -0.352. The maximum Gasteiger partial charge on any atom is 0.282 e. The molecule has 0 aliphatic carbocycles. The number of aryl methyl sites for hydroxylation is 1. The first kappa shape index (κ1) is 15.5. The molecule has 0 bridgehead atoms. The van der Waals surface area contributed by atoms with Crippen LogP contribution in [0.3, 0.4) is 0 Å². The molecule has 3 aromatic rings. The van der Waals surface area contributed by atoms with E-state index >= 15 is 0 Å². The average Bonchev–Trinajstić information content (AvgIpc) is 2.57. The number of aromatic hydroxyl groups is 2. The number of fused-ring (bicyclic) bond motifs is 1. The monoisotopic (exact) mass is 325 g/mol. The van der Waals surface area contributed by atoms with Gasteiger partial charge < -0.3 is 14.9 Å². The van der Waals surface area contributed by atoms with Crippen molar-refractivity contribution in [2.24, 2.45) is 5.10 Å². The van der Waals surface area contributed by atoms with Crippen LogP contribution in [0.5, 0.6) is 17.2 Å². The van der Waals surface area contributed by atoms with Crippen molar-refractivity contribution in [1.82, 2.24) is 9.66 Å². The second kappa shape index (κ2) is 6.04. The highest BCUT2D eigenvalue weighted by atomic mass is 16.5. The van der Waals surface area contributed by atoms with Crippen LogP contribution in [0.4, 0.5) is 0 Å². The third-order valence-corrected chi connectivity index (χ3v) is 3.53. The lowest BCUT2D eigenvalue weighted by molar-refractivity contribution is 0.351. The highest BCUT2D eigenvalue weighted by Gasteiger charge is 2.09. The van der Waals surface area contributed by atoms with Crippen molar-refractivity contribution >= 4 is 17.1 Å². The van der Waals surface area contributed by atoms with Crippen molar-refractivity contribution in [3.63, 3.8) is 0 Å². The molecular formula is C17H15N3O4. The Morgan fingerprint density at radius 1 is 1.25 bits per heavy atom. The second-order valence-electron chi connectivity index (χ2n) is 5.13. The molecule has 0 spiro atoms. The normalized spacial score (nSPS) is 11.2. The van der Waals surface area contributed by atoms with Gasteiger partial charge in [-0.25, -0.2) is 4.98 Å². The van der Waals surface area contributed by atoms with Gasteiger partial charge in [-0.05, 0) is 31.2 Å². The highest BCUT2D eigenvalue weighted by molar-refractivity contribution is 5.82. The Labute approximate surface area is 137 Å². The lowest BCUT2D eigenvalue weighted by atomic mass is 10.2. The van der Waals surface area contributed by atoms with Crippen LogP contribution in [-0.4, -0.2) is 33.2 Å². The summed E-state index contributed by atoms with van der Waals surface area (Å²) in [4.78, 5) is 16.9. The van der Waals surface area contributed by atoms with Gasteiger partial charge in [0.25, 0.3) is 5.56 Å². The van der Waals surface area contributed by atoms with Crippen LogP contribution in [0.2, 0.25) is 0 Å². The topological polar surface area (TPSA) is 96.9 Å². The van der Waals surface area contributed by atoms with Gasteiger partial charge >= 0.3 is 0 Å².